The SMILES string of the molecule is O=C(O)N1CC(c2ccc(N3CC(O)(C(F)(F)F)C3)nc2)C1. The Hall–Kier alpha value is -2.03. The van der Waals surface area contributed by atoms with E-state index in [1.807, 2.05) is 0 Å². The second-order valence-corrected chi connectivity index (χ2v) is 5.72. The van der Waals surface area contributed by atoms with Gasteiger partial charge in [-0.25, -0.2) is 9.78 Å². The van der Waals surface area contributed by atoms with Crippen LogP contribution in [-0.2, 0) is 0 Å². The molecular formula is C13H14F3N3O3. The van der Waals surface area contributed by atoms with E-state index in [9.17, 15) is 23.1 Å². The van der Waals surface area contributed by atoms with Gasteiger partial charge in [-0.2, -0.15) is 13.2 Å². The van der Waals surface area contributed by atoms with Crippen molar-refractivity contribution in [3.63, 3.8) is 0 Å². The molecule has 0 aromatic carbocycles. The minimum Gasteiger partial charge on any atom is -0.465 e. The van der Waals surface area contributed by atoms with Crippen LogP contribution in [0.5, 0.6) is 0 Å². The number of hydrogen-bond acceptors (Lipinski definition) is 4. The van der Waals surface area contributed by atoms with Crippen molar-refractivity contribution in [3.05, 3.63) is 23.9 Å². The zero-order valence-electron chi connectivity index (χ0n) is 11.4. The largest absolute Gasteiger partial charge is 0.465 e. The number of likely N-dealkylation sites (tertiary alicyclic amines) is 1. The summed E-state index contributed by atoms with van der Waals surface area (Å²) < 4.78 is 37.6. The molecule has 22 heavy (non-hydrogen) atoms. The van der Waals surface area contributed by atoms with Gasteiger partial charge in [0.2, 0.25) is 0 Å². The normalized spacial score (nSPS) is 21.3. The summed E-state index contributed by atoms with van der Waals surface area (Å²) in [6, 6.07) is 3.33. The van der Waals surface area contributed by atoms with Gasteiger partial charge >= 0.3 is 12.3 Å². The van der Waals surface area contributed by atoms with E-state index in [2.05, 4.69) is 4.98 Å². The Labute approximate surface area is 123 Å². The number of β-amino-alcohol motifs (C(OH)–C–C–N with tert-alkyl or cyclic N) is 1. The Morgan fingerprint density at radius 3 is 2.41 bits per heavy atom. The molecule has 120 valence electrons. The first-order valence-electron chi connectivity index (χ1n) is 6.67. The van der Waals surface area contributed by atoms with E-state index >= 15 is 0 Å². The predicted molar refractivity (Wildman–Crippen MR) is 69.8 cm³/mol. The maximum atomic E-state index is 12.5. The highest BCUT2D eigenvalue weighted by Crippen LogP contribution is 2.39. The van der Waals surface area contributed by atoms with Gasteiger partial charge in [0.25, 0.3) is 0 Å². The molecule has 9 heteroatoms. The van der Waals surface area contributed by atoms with E-state index in [0.29, 0.717) is 18.9 Å². The molecule has 0 aliphatic carbocycles. The first-order chi connectivity index (χ1) is 10.2. The molecule has 0 saturated carbocycles. The van der Waals surface area contributed by atoms with Gasteiger partial charge in [0, 0.05) is 25.2 Å². The Bertz CT molecular complexity index is 578. The number of halogens is 3. The van der Waals surface area contributed by atoms with Crippen LogP contribution in [0, 0.1) is 0 Å². The molecule has 0 unspecified atom stereocenters. The minimum absolute atomic E-state index is 0.0705. The summed E-state index contributed by atoms with van der Waals surface area (Å²) in [4.78, 5) is 17.4. The third-order valence-electron chi connectivity index (χ3n) is 4.15. The number of nitrogens with zero attached hydrogens (tertiary/aromatic N) is 3. The Balaban J connectivity index is 1.59. The van der Waals surface area contributed by atoms with Gasteiger partial charge in [-0.3, -0.25) is 0 Å². The van der Waals surface area contributed by atoms with E-state index in [1.165, 1.54) is 9.80 Å². The van der Waals surface area contributed by atoms with Crippen molar-refractivity contribution < 1.29 is 28.2 Å². The average molecular weight is 317 g/mol. The van der Waals surface area contributed by atoms with Crippen LogP contribution < -0.4 is 4.90 Å². The molecular weight excluding hydrogens is 303 g/mol. The Kier molecular flexibility index (Phi) is 3.20. The number of aromatic nitrogens is 1. The lowest BCUT2D eigenvalue weighted by Gasteiger charge is -2.47. The number of alkyl halides is 3. The van der Waals surface area contributed by atoms with Crippen molar-refractivity contribution >= 4 is 11.9 Å². The fourth-order valence-corrected chi connectivity index (χ4v) is 2.60. The number of rotatable bonds is 2. The summed E-state index contributed by atoms with van der Waals surface area (Å²) in [6.07, 6.45) is -4.06. The van der Waals surface area contributed by atoms with Crippen LogP contribution in [0.25, 0.3) is 0 Å². The third-order valence-corrected chi connectivity index (χ3v) is 4.15. The van der Waals surface area contributed by atoms with Crippen molar-refractivity contribution in [2.75, 3.05) is 31.1 Å². The standard InChI is InChI=1S/C13H14F3N3O3/c14-13(15,16)12(22)6-19(7-12)10-2-1-8(3-17-10)9-4-18(5-9)11(20)21/h1-3,9,22H,4-7H2,(H,20,21). The highest BCUT2D eigenvalue weighted by atomic mass is 19.4. The molecule has 6 nitrogen and oxygen atoms in total. The second-order valence-electron chi connectivity index (χ2n) is 5.72. The molecule has 0 spiro atoms. The van der Waals surface area contributed by atoms with Crippen LogP contribution in [0.4, 0.5) is 23.8 Å². The van der Waals surface area contributed by atoms with Crippen molar-refractivity contribution in [2.45, 2.75) is 17.7 Å². The quantitative estimate of drug-likeness (QED) is 0.859. The van der Waals surface area contributed by atoms with Gasteiger partial charge in [0.1, 0.15) is 5.82 Å². The van der Waals surface area contributed by atoms with Gasteiger partial charge in [-0.15, -0.1) is 0 Å². The van der Waals surface area contributed by atoms with E-state index in [4.69, 9.17) is 5.11 Å². The van der Waals surface area contributed by atoms with E-state index < -0.39 is 31.0 Å². The lowest BCUT2D eigenvalue weighted by atomic mass is 9.92. The van der Waals surface area contributed by atoms with Crippen molar-refractivity contribution in [1.82, 2.24) is 9.88 Å². The Morgan fingerprint density at radius 1 is 1.32 bits per heavy atom. The Morgan fingerprint density at radius 2 is 1.95 bits per heavy atom. The van der Waals surface area contributed by atoms with Crippen molar-refractivity contribution in [3.8, 4) is 0 Å². The number of carbonyl (C=O) groups is 1. The van der Waals surface area contributed by atoms with E-state index in [0.717, 1.165) is 5.56 Å². The number of hydrogen-bond donors (Lipinski definition) is 2. The number of aliphatic hydroxyl groups is 1. The molecule has 2 saturated heterocycles. The average Bonchev–Trinajstić information content (AvgIpc) is 2.32. The second kappa shape index (κ2) is 4.73. The maximum absolute atomic E-state index is 12.5. The molecule has 2 aliphatic heterocycles. The molecule has 2 aliphatic rings. The molecule has 1 amide bonds. The summed E-state index contributed by atoms with van der Waals surface area (Å²) in [7, 11) is 0. The summed E-state index contributed by atoms with van der Waals surface area (Å²) in [5, 5.41) is 18.2. The van der Waals surface area contributed by atoms with Gasteiger partial charge in [-0.05, 0) is 11.6 Å². The predicted octanol–water partition coefficient (Wildman–Crippen LogP) is 1.27. The van der Waals surface area contributed by atoms with Crippen LogP contribution in [0.15, 0.2) is 18.3 Å². The topological polar surface area (TPSA) is 76.9 Å². The number of anilines is 1. The first-order valence-corrected chi connectivity index (χ1v) is 6.67. The molecule has 0 atom stereocenters. The fraction of sp³-hybridized carbons (Fsp3) is 0.538. The number of pyridine rings is 1. The summed E-state index contributed by atoms with van der Waals surface area (Å²) >= 11 is 0. The minimum atomic E-state index is -4.64. The van der Waals surface area contributed by atoms with Crippen LogP contribution in [0.2, 0.25) is 0 Å². The molecule has 1 aromatic rings. The van der Waals surface area contributed by atoms with Gasteiger partial charge < -0.3 is 20.0 Å². The van der Waals surface area contributed by atoms with E-state index in [1.54, 1.807) is 18.3 Å². The fourth-order valence-electron chi connectivity index (χ4n) is 2.60. The zero-order chi connectivity index (χ0) is 16.1. The molecule has 3 heterocycles. The summed E-state index contributed by atoms with van der Waals surface area (Å²) in [5.74, 6) is 0.438. The van der Waals surface area contributed by atoms with Crippen LogP contribution >= 0.6 is 0 Å². The molecule has 2 N–H and O–H groups in total. The smallest absolute Gasteiger partial charge is 0.420 e. The van der Waals surface area contributed by atoms with Gasteiger partial charge in [0.15, 0.2) is 5.60 Å². The molecule has 2 fully saturated rings. The first kappa shape index (κ1) is 14.9. The molecule has 0 radical (unpaired) electrons. The van der Waals surface area contributed by atoms with Crippen molar-refractivity contribution in [1.29, 1.82) is 0 Å². The van der Waals surface area contributed by atoms with E-state index in [-0.39, 0.29) is 5.92 Å². The highest BCUT2D eigenvalue weighted by molar-refractivity contribution is 5.66. The molecule has 3 rings (SSSR count). The lowest BCUT2D eigenvalue weighted by Crippen LogP contribution is -2.69. The van der Waals surface area contributed by atoms with Crippen LogP contribution in [0.3, 0.4) is 0 Å². The van der Waals surface area contributed by atoms with Crippen LogP contribution in [0.1, 0.15) is 11.5 Å². The lowest BCUT2D eigenvalue weighted by molar-refractivity contribution is -0.267. The monoisotopic (exact) mass is 317 g/mol. The maximum Gasteiger partial charge on any atom is 0.420 e. The number of amides is 1. The number of carboxylic acid groups (broad SMARTS) is 1. The molecule has 0 bridgehead atoms. The highest BCUT2D eigenvalue weighted by Gasteiger charge is 2.61. The summed E-state index contributed by atoms with van der Waals surface area (Å²) in [6.45, 7) is -0.264. The van der Waals surface area contributed by atoms with Gasteiger partial charge in [0.05, 0.1) is 13.1 Å². The molecule has 1 aromatic heterocycles. The zero-order valence-corrected chi connectivity index (χ0v) is 11.4. The third kappa shape index (κ3) is 2.35. The summed E-state index contributed by atoms with van der Waals surface area (Å²) in [5.41, 5.74) is -1.81. The van der Waals surface area contributed by atoms with Gasteiger partial charge in [-0.1, -0.05) is 6.07 Å². The van der Waals surface area contributed by atoms with Crippen LogP contribution in [-0.4, -0.2) is 64.1 Å². The van der Waals surface area contributed by atoms with Crippen molar-refractivity contribution in [2.24, 2.45) is 0 Å².